The van der Waals surface area contributed by atoms with Crippen molar-refractivity contribution in [1.82, 2.24) is 14.9 Å². The van der Waals surface area contributed by atoms with Crippen LogP contribution in [0.25, 0.3) is 11.0 Å². The number of nitrogens with zero attached hydrogens (tertiary/aromatic N) is 2. The summed E-state index contributed by atoms with van der Waals surface area (Å²) in [5, 5.41) is 3.09. The summed E-state index contributed by atoms with van der Waals surface area (Å²) in [6.07, 6.45) is 23.5. The normalized spacial score (nSPS) is 13.6. The average molecular weight is 468 g/mol. The monoisotopic (exact) mass is 467 g/mol. The smallest absolute Gasteiger partial charge is 0.223 e. The molecule has 0 bridgehead atoms. The molecule has 1 N–H and O–H groups in total. The Labute approximate surface area is 208 Å². The highest BCUT2D eigenvalue weighted by Crippen LogP contribution is 2.28. The molecule has 4 nitrogen and oxygen atoms in total. The molecular weight excluding hydrogens is 418 g/mol. The van der Waals surface area contributed by atoms with Gasteiger partial charge in [-0.3, -0.25) is 4.79 Å². The van der Waals surface area contributed by atoms with Gasteiger partial charge in [-0.15, -0.1) is 0 Å². The van der Waals surface area contributed by atoms with Crippen LogP contribution in [-0.2, 0) is 17.8 Å². The molecule has 0 atom stereocenters. The fourth-order valence-corrected chi connectivity index (χ4v) is 4.98. The van der Waals surface area contributed by atoms with Gasteiger partial charge in [0.1, 0.15) is 5.82 Å². The quantitative estimate of drug-likeness (QED) is 0.201. The summed E-state index contributed by atoms with van der Waals surface area (Å²) in [5.74, 6) is 1.72. The first-order valence-corrected chi connectivity index (χ1v) is 14.5. The maximum Gasteiger partial charge on any atom is 0.223 e. The molecule has 0 radical (unpaired) electrons. The number of benzene rings is 1. The molecule has 1 heterocycles. The number of rotatable bonds is 20. The van der Waals surface area contributed by atoms with Crippen LogP contribution in [0.1, 0.15) is 122 Å². The summed E-state index contributed by atoms with van der Waals surface area (Å²) in [4.78, 5) is 16.8. The maximum absolute atomic E-state index is 11.9. The minimum Gasteiger partial charge on any atom is -0.356 e. The third-order valence-corrected chi connectivity index (χ3v) is 7.29. The summed E-state index contributed by atoms with van der Waals surface area (Å²) in [6, 6.07) is 8.51. The fraction of sp³-hybridized carbons (Fsp3) is 0.733. The summed E-state index contributed by atoms with van der Waals surface area (Å²) in [5.41, 5.74) is 2.36. The van der Waals surface area contributed by atoms with Gasteiger partial charge in [-0.1, -0.05) is 103 Å². The number of imidazole rings is 1. The van der Waals surface area contributed by atoms with Gasteiger partial charge in [-0.2, -0.15) is 0 Å². The second-order valence-corrected chi connectivity index (χ2v) is 10.4. The Morgan fingerprint density at radius 2 is 1.44 bits per heavy atom. The zero-order valence-electron chi connectivity index (χ0n) is 21.8. The van der Waals surface area contributed by atoms with E-state index in [1.165, 1.54) is 101 Å². The van der Waals surface area contributed by atoms with E-state index in [-0.39, 0.29) is 5.91 Å². The highest BCUT2D eigenvalue weighted by Gasteiger charge is 2.29. The van der Waals surface area contributed by atoms with Crippen molar-refractivity contribution in [2.24, 2.45) is 5.92 Å². The van der Waals surface area contributed by atoms with Crippen molar-refractivity contribution in [3.63, 3.8) is 0 Å². The van der Waals surface area contributed by atoms with Gasteiger partial charge in [-0.05, 0) is 37.8 Å². The minimum absolute atomic E-state index is 0.246. The van der Waals surface area contributed by atoms with E-state index in [2.05, 4.69) is 41.1 Å². The number of para-hydroxylation sites is 2. The lowest BCUT2D eigenvalue weighted by molar-refractivity contribution is -0.122. The number of hydrogen-bond acceptors (Lipinski definition) is 2. The van der Waals surface area contributed by atoms with Crippen LogP contribution in [-0.4, -0.2) is 22.0 Å². The van der Waals surface area contributed by atoms with Gasteiger partial charge in [0.15, 0.2) is 0 Å². The molecule has 0 spiro atoms. The number of unbranched alkanes of at least 4 members (excludes halogenated alkanes) is 13. The van der Waals surface area contributed by atoms with E-state index in [1.54, 1.807) is 0 Å². The summed E-state index contributed by atoms with van der Waals surface area (Å²) < 4.78 is 2.43. The Kier molecular flexibility index (Phi) is 12.6. The molecule has 1 saturated carbocycles. The minimum atomic E-state index is 0.246. The summed E-state index contributed by atoms with van der Waals surface area (Å²) in [6.45, 7) is 4.11. The SMILES string of the molecule is CCCCCCCCCCCCCCCCn1c(CCCNC(=O)C2CC2)nc2ccccc21. The van der Waals surface area contributed by atoms with E-state index < -0.39 is 0 Å². The molecule has 0 aliphatic heterocycles. The van der Waals surface area contributed by atoms with Crippen molar-refractivity contribution >= 4 is 16.9 Å². The first kappa shape index (κ1) is 26.8. The van der Waals surface area contributed by atoms with E-state index in [9.17, 15) is 4.79 Å². The largest absolute Gasteiger partial charge is 0.356 e. The Morgan fingerprint density at radius 3 is 2.06 bits per heavy atom. The number of hydrogen-bond donors (Lipinski definition) is 1. The van der Waals surface area contributed by atoms with Crippen molar-refractivity contribution in [1.29, 1.82) is 0 Å². The van der Waals surface area contributed by atoms with Crippen molar-refractivity contribution in [2.45, 2.75) is 129 Å². The van der Waals surface area contributed by atoms with Gasteiger partial charge in [0.05, 0.1) is 11.0 Å². The number of fused-ring (bicyclic) bond motifs is 1. The van der Waals surface area contributed by atoms with E-state index in [0.29, 0.717) is 5.92 Å². The van der Waals surface area contributed by atoms with E-state index in [0.717, 1.165) is 44.3 Å². The second-order valence-electron chi connectivity index (χ2n) is 10.4. The molecule has 2 aromatic rings. The molecular formula is C30H49N3O. The van der Waals surface area contributed by atoms with Gasteiger partial charge in [0.25, 0.3) is 0 Å². The zero-order valence-corrected chi connectivity index (χ0v) is 21.8. The zero-order chi connectivity index (χ0) is 23.8. The first-order valence-electron chi connectivity index (χ1n) is 14.5. The Bertz CT molecular complexity index is 824. The van der Waals surface area contributed by atoms with Gasteiger partial charge >= 0.3 is 0 Å². The lowest BCUT2D eigenvalue weighted by Gasteiger charge is -2.10. The van der Waals surface area contributed by atoms with E-state index in [4.69, 9.17) is 4.98 Å². The molecule has 1 aliphatic carbocycles. The van der Waals surface area contributed by atoms with Gasteiger partial charge in [0.2, 0.25) is 5.91 Å². The number of amides is 1. The third-order valence-electron chi connectivity index (χ3n) is 7.29. The number of aromatic nitrogens is 2. The van der Waals surface area contributed by atoms with Crippen LogP contribution in [0.3, 0.4) is 0 Å². The topological polar surface area (TPSA) is 46.9 Å². The van der Waals surface area contributed by atoms with E-state index in [1.807, 2.05) is 0 Å². The average Bonchev–Trinajstić information content (AvgIpc) is 3.64. The third kappa shape index (κ3) is 9.80. The van der Waals surface area contributed by atoms with Crippen molar-refractivity contribution in [3.05, 3.63) is 30.1 Å². The molecule has 0 unspecified atom stereocenters. The van der Waals surface area contributed by atoms with Crippen LogP contribution < -0.4 is 5.32 Å². The van der Waals surface area contributed by atoms with Crippen LogP contribution in [0.4, 0.5) is 0 Å². The number of nitrogens with one attached hydrogen (secondary N) is 1. The van der Waals surface area contributed by atoms with Gasteiger partial charge < -0.3 is 9.88 Å². The lowest BCUT2D eigenvalue weighted by atomic mass is 10.0. The van der Waals surface area contributed by atoms with E-state index >= 15 is 0 Å². The number of carbonyl (C=O) groups is 1. The van der Waals surface area contributed by atoms with Crippen molar-refractivity contribution in [3.8, 4) is 0 Å². The van der Waals surface area contributed by atoms with Crippen LogP contribution in [0.2, 0.25) is 0 Å². The molecule has 1 fully saturated rings. The number of aryl methyl sites for hydroxylation is 2. The Balaban J connectivity index is 1.27. The lowest BCUT2D eigenvalue weighted by Crippen LogP contribution is -2.26. The number of carbonyl (C=O) groups excluding carboxylic acids is 1. The molecule has 190 valence electrons. The molecule has 34 heavy (non-hydrogen) atoms. The molecule has 3 rings (SSSR count). The van der Waals surface area contributed by atoms with Gasteiger partial charge in [-0.25, -0.2) is 4.98 Å². The second kappa shape index (κ2) is 15.9. The maximum atomic E-state index is 11.9. The highest BCUT2D eigenvalue weighted by atomic mass is 16.2. The summed E-state index contributed by atoms with van der Waals surface area (Å²) in [7, 11) is 0. The molecule has 1 aromatic carbocycles. The first-order chi connectivity index (χ1) is 16.8. The molecule has 1 amide bonds. The Morgan fingerprint density at radius 1 is 0.853 bits per heavy atom. The van der Waals surface area contributed by atoms with Gasteiger partial charge in [0, 0.05) is 25.4 Å². The predicted molar refractivity (Wildman–Crippen MR) is 144 cm³/mol. The Hall–Kier alpha value is -1.84. The molecule has 1 aromatic heterocycles. The predicted octanol–water partition coefficient (Wildman–Crippen LogP) is 7.98. The van der Waals surface area contributed by atoms with Crippen LogP contribution in [0, 0.1) is 5.92 Å². The molecule has 4 heteroatoms. The van der Waals surface area contributed by atoms with Crippen molar-refractivity contribution < 1.29 is 4.79 Å². The fourth-order valence-electron chi connectivity index (χ4n) is 4.98. The molecule has 1 aliphatic rings. The summed E-state index contributed by atoms with van der Waals surface area (Å²) >= 11 is 0. The van der Waals surface area contributed by atoms with Crippen molar-refractivity contribution in [2.75, 3.05) is 6.54 Å². The van der Waals surface area contributed by atoms with Crippen LogP contribution in [0.5, 0.6) is 0 Å². The van der Waals surface area contributed by atoms with Crippen LogP contribution >= 0.6 is 0 Å². The highest BCUT2D eigenvalue weighted by molar-refractivity contribution is 5.80. The van der Waals surface area contributed by atoms with Crippen LogP contribution in [0.15, 0.2) is 24.3 Å². The standard InChI is InChI=1S/C30H49N3O/c1-2-3-4-5-6-7-8-9-10-11-12-13-14-17-25-33-28-20-16-15-19-27(28)32-29(33)21-18-24-31-30(34)26-22-23-26/h15-16,19-20,26H,2-14,17-18,21-25H2,1H3,(H,31,34). The molecule has 0 saturated heterocycles.